The molecule has 0 fully saturated rings. The summed E-state index contributed by atoms with van der Waals surface area (Å²) < 4.78 is 15.9. The number of rotatable bonds is 11. The first-order chi connectivity index (χ1) is 13.2. The molecule has 27 heavy (non-hydrogen) atoms. The molecule has 0 amide bonds. The molecule has 0 aliphatic carbocycles. The van der Waals surface area contributed by atoms with Crippen LogP contribution < -0.4 is 9.47 Å². The Bertz CT molecular complexity index is 697. The second-order valence-corrected chi connectivity index (χ2v) is 6.55. The molecule has 2 aromatic carbocycles. The van der Waals surface area contributed by atoms with E-state index in [1.54, 1.807) is 14.2 Å². The van der Waals surface area contributed by atoms with Gasteiger partial charge in [0.05, 0.1) is 27.2 Å². The van der Waals surface area contributed by atoms with Crippen molar-refractivity contribution in [3.63, 3.8) is 0 Å². The summed E-state index contributed by atoms with van der Waals surface area (Å²) in [5.41, 5.74) is 2.44. The third kappa shape index (κ3) is 6.63. The molecule has 0 N–H and O–H groups in total. The molecule has 2 aromatic rings. The first kappa shape index (κ1) is 20.8. The van der Waals surface area contributed by atoms with Gasteiger partial charge in [-0.15, -0.1) is 0 Å². The molecule has 0 aromatic heterocycles. The monoisotopic (exact) mass is 370 g/mol. The van der Waals surface area contributed by atoms with Crippen molar-refractivity contribution in [2.24, 2.45) is 0 Å². The fourth-order valence-corrected chi connectivity index (χ4v) is 3.28. The molecule has 0 saturated heterocycles. The Morgan fingerprint density at radius 2 is 1.70 bits per heavy atom. The summed E-state index contributed by atoms with van der Waals surface area (Å²) in [5, 5.41) is 0. The zero-order valence-corrected chi connectivity index (χ0v) is 16.6. The maximum Gasteiger partial charge on any atom is 0.306 e. The van der Waals surface area contributed by atoms with E-state index < -0.39 is 0 Å². The van der Waals surface area contributed by atoms with Gasteiger partial charge in [0, 0.05) is 0 Å². The van der Waals surface area contributed by atoms with E-state index in [0.717, 1.165) is 31.2 Å². The molecule has 4 heteroatoms. The van der Waals surface area contributed by atoms with Gasteiger partial charge in [-0.05, 0) is 55.4 Å². The summed E-state index contributed by atoms with van der Waals surface area (Å²) in [5.74, 6) is 1.34. The summed E-state index contributed by atoms with van der Waals surface area (Å²) >= 11 is 0. The van der Waals surface area contributed by atoms with Gasteiger partial charge < -0.3 is 14.2 Å². The topological polar surface area (TPSA) is 44.8 Å². The van der Waals surface area contributed by atoms with Gasteiger partial charge in [-0.1, -0.05) is 42.8 Å². The Morgan fingerprint density at radius 1 is 0.963 bits per heavy atom. The number of aryl methyl sites for hydroxylation is 1. The van der Waals surface area contributed by atoms with Crippen molar-refractivity contribution in [2.45, 2.75) is 44.9 Å². The highest BCUT2D eigenvalue weighted by molar-refractivity contribution is 5.70. The fraction of sp³-hybridized carbons (Fsp3) is 0.435. The van der Waals surface area contributed by atoms with E-state index in [1.807, 2.05) is 31.2 Å². The van der Waals surface area contributed by atoms with E-state index in [0.29, 0.717) is 24.5 Å². The zero-order chi connectivity index (χ0) is 19.5. The maximum atomic E-state index is 12.1. The number of benzene rings is 2. The van der Waals surface area contributed by atoms with E-state index in [-0.39, 0.29) is 11.9 Å². The summed E-state index contributed by atoms with van der Waals surface area (Å²) in [6, 6.07) is 16.4. The van der Waals surface area contributed by atoms with E-state index >= 15 is 0 Å². The smallest absolute Gasteiger partial charge is 0.306 e. The normalized spacial score (nSPS) is 11.7. The van der Waals surface area contributed by atoms with Gasteiger partial charge in [-0.25, -0.2) is 0 Å². The number of carbonyl (C=O) groups is 1. The Balaban J connectivity index is 2.03. The highest BCUT2D eigenvalue weighted by Crippen LogP contribution is 2.34. The van der Waals surface area contributed by atoms with Crippen molar-refractivity contribution in [3.8, 4) is 11.5 Å². The van der Waals surface area contributed by atoms with Crippen LogP contribution in [0.25, 0.3) is 0 Å². The average Bonchev–Trinajstić information content (AvgIpc) is 2.70. The molecule has 2 rings (SSSR count). The van der Waals surface area contributed by atoms with Gasteiger partial charge in [0.2, 0.25) is 0 Å². The lowest BCUT2D eigenvalue weighted by Gasteiger charge is -2.18. The number of ether oxygens (including phenoxy) is 3. The second-order valence-electron chi connectivity index (χ2n) is 6.55. The molecule has 0 saturated carbocycles. The minimum Gasteiger partial charge on any atom is -0.493 e. The highest BCUT2D eigenvalue weighted by atomic mass is 16.5. The number of unbranched alkanes of at least 4 members (excludes halogenated alkanes) is 1. The Labute approximate surface area is 162 Å². The Hall–Kier alpha value is -2.49. The molecule has 1 atom stereocenters. The molecule has 1 unspecified atom stereocenters. The fourth-order valence-electron chi connectivity index (χ4n) is 3.28. The number of carbonyl (C=O) groups excluding carboxylic acids is 1. The van der Waals surface area contributed by atoms with Crippen LogP contribution in [0.1, 0.15) is 49.7 Å². The van der Waals surface area contributed by atoms with Crippen LogP contribution in [0.3, 0.4) is 0 Å². The van der Waals surface area contributed by atoms with Crippen LogP contribution in [0.15, 0.2) is 48.5 Å². The lowest BCUT2D eigenvalue weighted by molar-refractivity contribution is -0.143. The first-order valence-corrected chi connectivity index (χ1v) is 9.59. The molecule has 0 spiro atoms. The lowest BCUT2D eigenvalue weighted by Crippen LogP contribution is -2.11. The van der Waals surface area contributed by atoms with Crippen LogP contribution in [0, 0.1) is 0 Å². The molecule has 0 bridgehead atoms. The first-order valence-electron chi connectivity index (χ1n) is 9.59. The Kier molecular flexibility index (Phi) is 8.69. The highest BCUT2D eigenvalue weighted by Gasteiger charge is 2.18. The van der Waals surface area contributed by atoms with E-state index in [4.69, 9.17) is 14.2 Å². The van der Waals surface area contributed by atoms with Crippen LogP contribution in [0.4, 0.5) is 0 Å². The van der Waals surface area contributed by atoms with E-state index in [1.165, 1.54) is 5.56 Å². The van der Waals surface area contributed by atoms with Crippen molar-refractivity contribution in [1.29, 1.82) is 0 Å². The largest absolute Gasteiger partial charge is 0.493 e. The average molecular weight is 370 g/mol. The van der Waals surface area contributed by atoms with Crippen molar-refractivity contribution >= 4 is 5.97 Å². The number of esters is 1. The molecule has 0 aliphatic heterocycles. The van der Waals surface area contributed by atoms with Crippen LogP contribution in [-0.2, 0) is 16.0 Å². The lowest BCUT2D eigenvalue weighted by atomic mass is 9.89. The van der Waals surface area contributed by atoms with E-state index in [9.17, 15) is 4.79 Å². The standard InChI is InChI=1S/C23H30O4/c1-4-27-23(24)17-19(13-9-8-12-18-10-6-5-7-11-18)20-14-15-21(25-2)22(16-20)26-3/h5-7,10-11,14-16,19H,4,8-9,12-13,17H2,1-3H3. The summed E-state index contributed by atoms with van der Waals surface area (Å²) in [6.07, 6.45) is 4.51. The van der Waals surface area contributed by atoms with Crippen LogP contribution in [-0.4, -0.2) is 26.8 Å². The zero-order valence-electron chi connectivity index (χ0n) is 16.6. The molecular weight excluding hydrogens is 340 g/mol. The minimum absolute atomic E-state index is 0.111. The number of hydrogen-bond acceptors (Lipinski definition) is 4. The number of hydrogen-bond donors (Lipinski definition) is 0. The van der Waals surface area contributed by atoms with Crippen molar-refractivity contribution in [1.82, 2.24) is 0 Å². The van der Waals surface area contributed by atoms with Gasteiger partial charge in [0.25, 0.3) is 0 Å². The third-order valence-electron chi connectivity index (χ3n) is 4.71. The van der Waals surface area contributed by atoms with Gasteiger partial charge >= 0.3 is 5.97 Å². The summed E-state index contributed by atoms with van der Waals surface area (Å²) in [4.78, 5) is 12.1. The van der Waals surface area contributed by atoms with Crippen LogP contribution in [0.5, 0.6) is 11.5 Å². The van der Waals surface area contributed by atoms with Crippen molar-refractivity contribution in [2.75, 3.05) is 20.8 Å². The molecule has 0 aliphatic rings. The molecule has 0 heterocycles. The van der Waals surface area contributed by atoms with Gasteiger partial charge in [-0.2, -0.15) is 0 Å². The maximum absolute atomic E-state index is 12.1. The Morgan fingerprint density at radius 3 is 2.37 bits per heavy atom. The van der Waals surface area contributed by atoms with Gasteiger partial charge in [-0.3, -0.25) is 4.79 Å². The summed E-state index contributed by atoms with van der Waals surface area (Å²) in [7, 11) is 3.25. The third-order valence-corrected chi connectivity index (χ3v) is 4.71. The molecule has 0 radical (unpaired) electrons. The SMILES string of the molecule is CCOC(=O)CC(CCCCc1ccccc1)c1ccc(OC)c(OC)c1. The summed E-state index contributed by atoms with van der Waals surface area (Å²) in [6.45, 7) is 2.24. The molecule has 146 valence electrons. The van der Waals surface area contributed by atoms with Crippen molar-refractivity contribution < 1.29 is 19.0 Å². The van der Waals surface area contributed by atoms with Gasteiger partial charge in [0.15, 0.2) is 11.5 Å². The van der Waals surface area contributed by atoms with Crippen LogP contribution in [0.2, 0.25) is 0 Å². The quantitative estimate of drug-likeness (QED) is 0.405. The van der Waals surface area contributed by atoms with Crippen LogP contribution >= 0.6 is 0 Å². The number of methoxy groups -OCH3 is 2. The van der Waals surface area contributed by atoms with E-state index in [2.05, 4.69) is 24.3 Å². The molecular formula is C23H30O4. The minimum atomic E-state index is -0.152. The molecule has 4 nitrogen and oxygen atoms in total. The van der Waals surface area contributed by atoms with Crippen molar-refractivity contribution in [3.05, 3.63) is 59.7 Å². The predicted octanol–water partition coefficient (Wildman–Crippen LogP) is 5.15. The van der Waals surface area contributed by atoms with Gasteiger partial charge in [0.1, 0.15) is 0 Å². The second kappa shape index (κ2) is 11.3. The predicted molar refractivity (Wildman–Crippen MR) is 108 cm³/mol.